The highest BCUT2D eigenvalue weighted by atomic mass is 35.5. The van der Waals surface area contributed by atoms with Gasteiger partial charge < -0.3 is 15.2 Å². The first kappa shape index (κ1) is 19.1. The molecule has 2 aromatic carbocycles. The van der Waals surface area contributed by atoms with Crippen molar-refractivity contribution in [3.63, 3.8) is 0 Å². The molecule has 4 heteroatoms. The molecular weight excluding hydrogens is 346 g/mol. The van der Waals surface area contributed by atoms with Crippen LogP contribution < -0.4 is 15.2 Å². The zero-order chi connectivity index (χ0) is 17.1. The Morgan fingerprint density at radius 3 is 2.46 bits per heavy atom. The van der Waals surface area contributed by atoms with E-state index < -0.39 is 0 Å². The Bertz CT molecular complexity index is 699. The normalized spacial score (nSPS) is 24.7. The molecular formula is C22H28ClNO2. The molecule has 1 aliphatic carbocycles. The van der Waals surface area contributed by atoms with Crippen molar-refractivity contribution in [3.8, 4) is 11.5 Å². The number of aryl methyl sites for hydroxylation is 1. The van der Waals surface area contributed by atoms with E-state index in [2.05, 4.69) is 42.5 Å². The SMILES string of the molecule is Cl.NCC1CCC(Oc2ccc3c(c2)CCC(c2ccccc2)O3)CC1. The molecule has 2 aliphatic rings. The van der Waals surface area contributed by atoms with Crippen molar-refractivity contribution >= 4 is 12.4 Å². The monoisotopic (exact) mass is 373 g/mol. The van der Waals surface area contributed by atoms with Gasteiger partial charge in [-0.1, -0.05) is 30.3 Å². The second-order valence-electron chi connectivity index (χ2n) is 7.32. The predicted octanol–water partition coefficient (Wildman–Crippen LogP) is 5.07. The molecule has 1 aliphatic heterocycles. The van der Waals surface area contributed by atoms with Crippen molar-refractivity contribution in [2.45, 2.75) is 50.7 Å². The van der Waals surface area contributed by atoms with Gasteiger partial charge in [0.15, 0.2) is 0 Å². The summed E-state index contributed by atoms with van der Waals surface area (Å²) >= 11 is 0. The minimum atomic E-state index is 0. The number of benzene rings is 2. The summed E-state index contributed by atoms with van der Waals surface area (Å²) in [5.41, 5.74) is 8.29. The number of ether oxygens (including phenoxy) is 2. The Kier molecular flexibility index (Phi) is 6.44. The third-order valence-corrected chi connectivity index (χ3v) is 5.58. The largest absolute Gasteiger partial charge is 0.490 e. The van der Waals surface area contributed by atoms with E-state index in [1.54, 1.807) is 0 Å². The molecule has 1 fully saturated rings. The number of halogens is 1. The molecule has 1 saturated carbocycles. The number of hydrogen-bond acceptors (Lipinski definition) is 3. The van der Waals surface area contributed by atoms with Gasteiger partial charge in [-0.3, -0.25) is 0 Å². The van der Waals surface area contributed by atoms with Crippen LogP contribution in [0.5, 0.6) is 11.5 Å². The van der Waals surface area contributed by atoms with Gasteiger partial charge >= 0.3 is 0 Å². The van der Waals surface area contributed by atoms with E-state index in [0.717, 1.165) is 43.7 Å². The summed E-state index contributed by atoms with van der Waals surface area (Å²) < 4.78 is 12.5. The highest BCUT2D eigenvalue weighted by molar-refractivity contribution is 5.85. The van der Waals surface area contributed by atoms with Crippen LogP contribution in [-0.4, -0.2) is 12.6 Å². The summed E-state index contributed by atoms with van der Waals surface area (Å²) in [5, 5.41) is 0. The van der Waals surface area contributed by atoms with Gasteiger partial charge in [-0.2, -0.15) is 0 Å². The Labute approximate surface area is 162 Å². The smallest absolute Gasteiger partial charge is 0.124 e. The van der Waals surface area contributed by atoms with Crippen LogP contribution in [0.4, 0.5) is 0 Å². The maximum absolute atomic E-state index is 6.23. The predicted molar refractivity (Wildman–Crippen MR) is 107 cm³/mol. The van der Waals surface area contributed by atoms with Crippen LogP contribution in [0.1, 0.15) is 49.3 Å². The first-order valence-electron chi connectivity index (χ1n) is 9.53. The van der Waals surface area contributed by atoms with Crippen LogP contribution >= 0.6 is 12.4 Å². The van der Waals surface area contributed by atoms with Crippen LogP contribution in [0.25, 0.3) is 0 Å². The summed E-state index contributed by atoms with van der Waals surface area (Å²) in [5.74, 6) is 2.67. The Morgan fingerprint density at radius 1 is 0.962 bits per heavy atom. The van der Waals surface area contributed by atoms with E-state index in [4.69, 9.17) is 15.2 Å². The molecule has 1 heterocycles. The summed E-state index contributed by atoms with van der Waals surface area (Å²) in [4.78, 5) is 0. The van der Waals surface area contributed by atoms with Crippen LogP contribution in [0.2, 0.25) is 0 Å². The van der Waals surface area contributed by atoms with Crippen LogP contribution in [0.15, 0.2) is 48.5 Å². The third-order valence-electron chi connectivity index (χ3n) is 5.58. The number of nitrogens with two attached hydrogens (primary N) is 1. The highest BCUT2D eigenvalue weighted by Gasteiger charge is 2.24. The Hall–Kier alpha value is -1.71. The van der Waals surface area contributed by atoms with E-state index in [0.29, 0.717) is 12.0 Å². The van der Waals surface area contributed by atoms with E-state index in [1.165, 1.54) is 24.0 Å². The maximum Gasteiger partial charge on any atom is 0.124 e. The summed E-state index contributed by atoms with van der Waals surface area (Å²) in [6.45, 7) is 0.811. The zero-order valence-corrected chi connectivity index (χ0v) is 15.9. The number of fused-ring (bicyclic) bond motifs is 1. The van der Waals surface area contributed by atoms with Gasteiger partial charge in [-0.25, -0.2) is 0 Å². The minimum Gasteiger partial charge on any atom is -0.490 e. The zero-order valence-electron chi connectivity index (χ0n) is 15.1. The van der Waals surface area contributed by atoms with Crippen LogP contribution in [0.3, 0.4) is 0 Å². The third kappa shape index (κ3) is 4.33. The molecule has 0 aromatic heterocycles. The molecule has 26 heavy (non-hydrogen) atoms. The lowest BCUT2D eigenvalue weighted by Crippen LogP contribution is -2.27. The molecule has 0 amide bonds. The van der Waals surface area contributed by atoms with Crippen molar-refractivity contribution in [1.29, 1.82) is 0 Å². The van der Waals surface area contributed by atoms with E-state index in [9.17, 15) is 0 Å². The standard InChI is InChI=1S/C22H27NO2.ClH/c23-15-16-6-9-19(10-7-16)24-20-11-13-22-18(14-20)8-12-21(25-22)17-4-2-1-3-5-17;/h1-5,11,13-14,16,19,21H,6-10,12,15,23H2;1H. The second kappa shape index (κ2) is 8.79. The fourth-order valence-electron chi connectivity index (χ4n) is 4.02. The molecule has 0 saturated heterocycles. The van der Waals surface area contributed by atoms with E-state index in [1.807, 2.05) is 6.07 Å². The van der Waals surface area contributed by atoms with Crippen molar-refractivity contribution in [1.82, 2.24) is 0 Å². The molecule has 2 aromatic rings. The Balaban J connectivity index is 0.00000196. The molecule has 140 valence electrons. The van der Waals surface area contributed by atoms with Crippen LogP contribution in [-0.2, 0) is 6.42 Å². The molecule has 0 spiro atoms. The van der Waals surface area contributed by atoms with Crippen molar-refractivity contribution in [2.75, 3.05) is 6.54 Å². The Morgan fingerprint density at radius 2 is 1.73 bits per heavy atom. The lowest BCUT2D eigenvalue weighted by Gasteiger charge is -2.29. The number of hydrogen-bond donors (Lipinski definition) is 1. The average Bonchev–Trinajstić information content (AvgIpc) is 2.69. The number of rotatable bonds is 4. The van der Waals surface area contributed by atoms with Gasteiger partial charge in [-0.15, -0.1) is 12.4 Å². The topological polar surface area (TPSA) is 44.5 Å². The molecule has 1 atom stereocenters. The van der Waals surface area contributed by atoms with Gasteiger partial charge in [0.2, 0.25) is 0 Å². The van der Waals surface area contributed by atoms with E-state index in [-0.39, 0.29) is 18.5 Å². The first-order valence-corrected chi connectivity index (χ1v) is 9.53. The molecule has 2 N–H and O–H groups in total. The van der Waals surface area contributed by atoms with E-state index >= 15 is 0 Å². The first-order chi connectivity index (χ1) is 12.3. The van der Waals surface area contributed by atoms with Crippen molar-refractivity contribution in [3.05, 3.63) is 59.7 Å². The van der Waals surface area contributed by atoms with Gasteiger partial charge in [0.25, 0.3) is 0 Å². The highest BCUT2D eigenvalue weighted by Crippen LogP contribution is 2.37. The molecule has 1 unspecified atom stereocenters. The fourth-order valence-corrected chi connectivity index (χ4v) is 4.02. The van der Waals surface area contributed by atoms with Gasteiger partial charge in [0.1, 0.15) is 17.6 Å². The van der Waals surface area contributed by atoms with Gasteiger partial charge in [0.05, 0.1) is 6.10 Å². The lowest BCUT2D eigenvalue weighted by atomic mass is 9.87. The second-order valence-corrected chi connectivity index (χ2v) is 7.32. The molecule has 3 nitrogen and oxygen atoms in total. The fraction of sp³-hybridized carbons (Fsp3) is 0.455. The molecule has 0 radical (unpaired) electrons. The van der Waals surface area contributed by atoms with Crippen molar-refractivity contribution < 1.29 is 9.47 Å². The molecule has 4 rings (SSSR count). The quantitative estimate of drug-likeness (QED) is 0.813. The van der Waals surface area contributed by atoms with Gasteiger partial charge in [0, 0.05) is 0 Å². The minimum absolute atomic E-state index is 0. The van der Waals surface area contributed by atoms with Crippen molar-refractivity contribution in [2.24, 2.45) is 11.7 Å². The summed E-state index contributed by atoms with van der Waals surface area (Å²) in [6, 6.07) is 16.8. The lowest BCUT2D eigenvalue weighted by molar-refractivity contribution is 0.132. The average molecular weight is 374 g/mol. The van der Waals surface area contributed by atoms with Crippen LogP contribution in [0, 0.1) is 5.92 Å². The maximum atomic E-state index is 6.23. The summed E-state index contributed by atoms with van der Waals surface area (Å²) in [6.07, 6.45) is 7.15. The summed E-state index contributed by atoms with van der Waals surface area (Å²) in [7, 11) is 0. The van der Waals surface area contributed by atoms with Gasteiger partial charge in [-0.05, 0) is 80.3 Å². The molecule has 0 bridgehead atoms.